The Morgan fingerprint density at radius 3 is 2.10 bits per heavy atom. The van der Waals surface area contributed by atoms with Crippen LogP contribution in [-0.2, 0) is 0 Å². The highest BCUT2D eigenvalue weighted by molar-refractivity contribution is 6.30. The molecule has 0 amide bonds. The molecule has 0 unspecified atom stereocenters. The Kier molecular flexibility index (Phi) is 4.19. The second-order valence-corrected chi connectivity index (χ2v) is 2.09. The Morgan fingerprint density at radius 2 is 1.70 bits per heavy atom. The molecule has 0 aromatic heterocycles. The van der Waals surface area contributed by atoms with Crippen molar-refractivity contribution in [3.05, 3.63) is 29.3 Å². The van der Waals surface area contributed by atoms with E-state index in [2.05, 4.69) is 5.43 Å². The van der Waals surface area contributed by atoms with Crippen LogP contribution in [0.25, 0.3) is 0 Å². The van der Waals surface area contributed by atoms with Gasteiger partial charge in [-0.3, -0.25) is 5.84 Å². The zero-order valence-corrected chi connectivity index (χ0v) is 6.65. The molecule has 0 radical (unpaired) electrons. The van der Waals surface area contributed by atoms with Crippen molar-refractivity contribution in [2.75, 3.05) is 5.43 Å². The maximum Gasteiger partial charge on any atom is 0.0486 e. The fourth-order valence-corrected chi connectivity index (χ4v) is 0.672. The van der Waals surface area contributed by atoms with Crippen LogP contribution < -0.4 is 23.7 Å². The first-order chi connectivity index (χ1) is 4.33. The SMILES string of the molecule is NNc1ccc(Cl)cc1.[Cl-]. The summed E-state index contributed by atoms with van der Waals surface area (Å²) < 4.78 is 0. The van der Waals surface area contributed by atoms with Crippen molar-refractivity contribution in [1.82, 2.24) is 0 Å². The van der Waals surface area contributed by atoms with Gasteiger partial charge in [-0.1, -0.05) is 11.6 Å². The minimum atomic E-state index is 0. The van der Waals surface area contributed by atoms with Gasteiger partial charge in [-0.05, 0) is 24.3 Å². The Balaban J connectivity index is 0.000000810. The number of halogens is 2. The molecule has 0 saturated carbocycles. The number of anilines is 1. The van der Waals surface area contributed by atoms with Gasteiger partial charge in [0, 0.05) is 10.7 Å². The zero-order valence-electron chi connectivity index (χ0n) is 5.14. The van der Waals surface area contributed by atoms with E-state index in [0.29, 0.717) is 5.02 Å². The van der Waals surface area contributed by atoms with Crippen molar-refractivity contribution in [2.45, 2.75) is 0 Å². The van der Waals surface area contributed by atoms with Crippen molar-refractivity contribution in [2.24, 2.45) is 5.84 Å². The number of hydrogen-bond acceptors (Lipinski definition) is 2. The molecule has 0 fully saturated rings. The minimum absolute atomic E-state index is 0. The molecular weight excluding hydrogens is 171 g/mol. The molecule has 0 saturated heterocycles. The van der Waals surface area contributed by atoms with E-state index < -0.39 is 0 Å². The summed E-state index contributed by atoms with van der Waals surface area (Å²) in [6.45, 7) is 0. The van der Waals surface area contributed by atoms with E-state index in [4.69, 9.17) is 17.4 Å². The lowest BCUT2D eigenvalue weighted by Crippen LogP contribution is -3.00. The summed E-state index contributed by atoms with van der Waals surface area (Å²) in [5, 5.41) is 0.717. The Bertz CT molecular complexity index is 185. The Hall–Kier alpha value is -0.440. The maximum absolute atomic E-state index is 5.60. The molecule has 3 N–H and O–H groups in total. The van der Waals surface area contributed by atoms with Crippen LogP contribution in [0.1, 0.15) is 0 Å². The Morgan fingerprint density at radius 1 is 1.20 bits per heavy atom. The first-order valence-electron chi connectivity index (χ1n) is 2.55. The van der Waals surface area contributed by atoms with Crippen molar-refractivity contribution >= 4 is 17.3 Å². The fourth-order valence-electron chi connectivity index (χ4n) is 0.546. The third-order valence-electron chi connectivity index (χ3n) is 1.01. The normalized spacial score (nSPS) is 8.20. The largest absolute Gasteiger partial charge is 1.00 e. The lowest BCUT2D eigenvalue weighted by atomic mass is 10.3. The van der Waals surface area contributed by atoms with Gasteiger partial charge in [0.05, 0.1) is 0 Å². The van der Waals surface area contributed by atoms with E-state index in [0.717, 1.165) is 5.69 Å². The molecule has 0 aliphatic carbocycles. The van der Waals surface area contributed by atoms with E-state index in [1.165, 1.54) is 0 Å². The van der Waals surface area contributed by atoms with Crippen LogP contribution in [0.15, 0.2) is 24.3 Å². The van der Waals surface area contributed by atoms with Crippen LogP contribution >= 0.6 is 11.6 Å². The van der Waals surface area contributed by atoms with Crippen LogP contribution in [0.5, 0.6) is 0 Å². The summed E-state index contributed by atoms with van der Waals surface area (Å²) >= 11 is 5.60. The molecular formula is C6H7Cl2N2-. The standard InChI is InChI=1S/C6H7ClN2.ClH/c7-5-1-3-6(9-8)4-2-5;/h1-4,9H,8H2;1H/p-1. The molecule has 4 heteroatoms. The van der Waals surface area contributed by atoms with Crippen LogP contribution in [0.2, 0.25) is 5.02 Å². The molecule has 1 aromatic carbocycles. The molecule has 56 valence electrons. The molecule has 0 atom stereocenters. The lowest BCUT2D eigenvalue weighted by Gasteiger charge is -1.96. The van der Waals surface area contributed by atoms with Crippen LogP contribution in [0.4, 0.5) is 5.69 Å². The van der Waals surface area contributed by atoms with Crippen molar-refractivity contribution in [3.63, 3.8) is 0 Å². The number of rotatable bonds is 1. The predicted molar refractivity (Wildman–Crippen MR) is 39.3 cm³/mol. The van der Waals surface area contributed by atoms with E-state index in [1.54, 1.807) is 12.1 Å². The molecule has 0 spiro atoms. The van der Waals surface area contributed by atoms with Gasteiger partial charge in [-0.15, -0.1) is 0 Å². The lowest BCUT2D eigenvalue weighted by molar-refractivity contribution is -0.00000180. The van der Waals surface area contributed by atoms with Gasteiger partial charge in [0.25, 0.3) is 0 Å². The summed E-state index contributed by atoms with van der Waals surface area (Å²) in [6, 6.07) is 7.16. The number of nitrogen functional groups attached to an aromatic ring is 1. The molecule has 2 nitrogen and oxygen atoms in total. The third kappa shape index (κ3) is 2.43. The summed E-state index contributed by atoms with van der Waals surface area (Å²) in [4.78, 5) is 0. The maximum atomic E-state index is 5.60. The highest BCUT2D eigenvalue weighted by atomic mass is 35.5. The monoisotopic (exact) mass is 177 g/mol. The average molecular weight is 178 g/mol. The number of hydrazine groups is 1. The van der Waals surface area contributed by atoms with Crippen LogP contribution in [0.3, 0.4) is 0 Å². The van der Waals surface area contributed by atoms with Gasteiger partial charge >= 0.3 is 0 Å². The number of benzene rings is 1. The number of hydrogen-bond donors (Lipinski definition) is 2. The molecule has 0 bridgehead atoms. The summed E-state index contributed by atoms with van der Waals surface area (Å²) in [6.07, 6.45) is 0. The summed E-state index contributed by atoms with van der Waals surface area (Å²) in [5.74, 6) is 5.11. The molecule has 1 rings (SSSR count). The average Bonchev–Trinajstić information content (AvgIpc) is 1.90. The molecule has 0 aliphatic rings. The van der Waals surface area contributed by atoms with Gasteiger partial charge in [0.1, 0.15) is 0 Å². The van der Waals surface area contributed by atoms with Crippen LogP contribution in [0, 0.1) is 0 Å². The van der Waals surface area contributed by atoms with Gasteiger partial charge in [0.2, 0.25) is 0 Å². The second-order valence-electron chi connectivity index (χ2n) is 1.65. The topological polar surface area (TPSA) is 38.0 Å². The first-order valence-corrected chi connectivity index (χ1v) is 2.93. The van der Waals surface area contributed by atoms with Gasteiger partial charge in [-0.25, -0.2) is 0 Å². The molecule has 1 aromatic rings. The summed E-state index contributed by atoms with van der Waals surface area (Å²) in [7, 11) is 0. The third-order valence-corrected chi connectivity index (χ3v) is 1.26. The minimum Gasteiger partial charge on any atom is -1.00 e. The number of nitrogens with one attached hydrogen (secondary N) is 1. The van der Waals surface area contributed by atoms with Gasteiger partial charge in [0.15, 0.2) is 0 Å². The first kappa shape index (κ1) is 9.56. The Labute approximate surface area is 70.7 Å². The highest BCUT2D eigenvalue weighted by Gasteiger charge is 1.85. The van der Waals surface area contributed by atoms with E-state index in [-0.39, 0.29) is 12.4 Å². The van der Waals surface area contributed by atoms with Crippen molar-refractivity contribution < 1.29 is 12.4 Å². The second kappa shape index (κ2) is 4.39. The smallest absolute Gasteiger partial charge is 0.0486 e. The van der Waals surface area contributed by atoms with Crippen molar-refractivity contribution in [3.8, 4) is 0 Å². The van der Waals surface area contributed by atoms with E-state index in [1.807, 2.05) is 12.1 Å². The van der Waals surface area contributed by atoms with Crippen LogP contribution in [-0.4, -0.2) is 0 Å². The van der Waals surface area contributed by atoms with Gasteiger partial charge < -0.3 is 17.8 Å². The highest BCUT2D eigenvalue weighted by Crippen LogP contribution is 2.11. The molecule has 10 heavy (non-hydrogen) atoms. The summed E-state index contributed by atoms with van der Waals surface area (Å²) in [5.41, 5.74) is 3.36. The van der Waals surface area contributed by atoms with E-state index in [9.17, 15) is 0 Å². The van der Waals surface area contributed by atoms with Crippen molar-refractivity contribution in [1.29, 1.82) is 0 Å². The van der Waals surface area contributed by atoms with E-state index >= 15 is 0 Å². The predicted octanol–water partition coefficient (Wildman–Crippen LogP) is -1.37. The quantitative estimate of drug-likeness (QED) is 0.411. The zero-order chi connectivity index (χ0) is 6.69. The fraction of sp³-hybridized carbons (Fsp3) is 0. The van der Waals surface area contributed by atoms with Gasteiger partial charge in [-0.2, -0.15) is 0 Å². The number of nitrogens with two attached hydrogens (primary N) is 1. The molecule has 0 heterocycles. The molecule has 0 aliphatic heterocycles.